The van der Waals surface area contributed by atoms with Crippen LogP contribution in [0.1, 0.15) is 18.7 Å². The Balaban J connectivity index is 2.08. The fourth-order valence-corrected chi connectivity index (χ4v) is 2.86. The van der Waals surface area contributed by atoms with Crippen molar-refractivity contribution in [2.75, 3.05) is 0 Å². The maximum Gasteiger partial charge on any atom is 0.303 e. The van der Waals surface area contributed by atoms with Crippen LogP contribution >= 0.6 is 27.3 Å². The first-order valence-corrected chi connectivity index (χ1v) is 7.05. The van der Waals surface area contributed by atoms with Crippen LogP contribution < -0.4 is 0 Å². The van der Waals surface area contributed by atoms with Gasteiger partial charge in [-0.25, -0.2) is 9.97 Å². The van der Waals surface area contributed by atoms with Gasteiger partial charge >= 0.3 is 5.97 Å². The van der Waals surface area contributed by atoms with Gasteiger partial charge in [-0.3, -0.25) is 4.79 Å². The van der Waals surface area contributed by atoms with E-state index in [9.17, 15) is 4.79 Å². The molecule has 0 aliphatic carbocycles. The Hall–Kier alpha value is -1.27. The molecule has 2 aromatic heterocycles. The lowest BCUT2D eigenvalue weighted by Crippen LogP contribution is -1.99. The van der Waals surface area contributed by atoms with Crippen LogP contribution in [0.4, 0.5) is 0 Å². The first-order chi connectivity index (χ1) is 8.65. The van der Waals surface area contributed by atoms with Crippen molar-refractivity contribution in [2.24, 2.45) is 0 Å². The molecule has 1 N–H and O–H groups in total. The summed E-state index contributed by atoms with van der Waals surface area (Å²) in [6.07, 6.45) is 3.02. The van der Waals surface area contributed by atoms with Crippen LogP contribution in [0.15, 0.2) is 28.2 Å². The molecule has 6 heteroatoms. The molecule has 0 fully saturated rings. The van der Waals surface area contributed by atoms with Gasteiger partial charge in [0.25, 0.3) is 0 Å². The van der Waals surface area contributed by atoms with Crippen molar-refractivity contribution in [3.63, 3.8) is 0 Å². The summed E-state index contributed by atoms with van der Waals surface area (Å²) < 4.78 is 1.06. The Kier molecular flexibility index (Phi) is 4.43. The zero-order valence-corrected chi connectivity index (χ0v) is 11.9. The van der Waals surface area contributed by atoms with E-state index in [0.717, 1.165) is 14.4 Å². The van der Waals surface area contributed by atoms with E-state index in [-0.39, 0.29) is 6.42 Å². The summed E-state index contributed by atoms with van der Waals surface area (Å²) in [6, 6.07) is 5.84. The third kappa shape index (κ3) is 3.61. The number of rotatable bonds is 5. The van der Waals surface area contributed by atoms with E-state index in [0.29, 0.717) is 18.7 Å². The fourth-order valence-electron chi connectivity index (χ4n) is 1.51. The van der Waals surface area contributed by atoms with Gasteiger partial charge < -0.3 is 5.11 Å². The molecule has 2 rings (SSSR count). The summed E-state index contributed by atoms with van der Waals surface area (Å²) >= 11 is 5.03. The van der Waals surface area contributed by atoms with Gasteiger partial charge in [-0.2, -0.15) is 0 Å². The number of carboxylic acid groups (broad SMARTS) is 1. The average molecular weight is 327 g/mol. The molecule has 0 saturated heterocycles. The number of aromatic nitrogens is 2. The monoisotopic (exact) mass is 326 g/mol. The minimum atomic E-state index is -0.784. The second-order valence-electron chi connectivity index (χ2n) is 3.71. The molecule has 0 atom stereocenters. The lowest BCUT2D eigenvalue weighted by Gasteiger charge is -2.01. The minimum absolute atomic E-state index is 0.151. The number of aryl methyl sites for hydroxylation is 1. The number of hydrogen-bond donors (Lipinski definition) is 1. The highest BCUT2D eigenvalue weighted by molar-refractivity contribution is 9.11. The van der Waals surface area contributed by atoms with Crippen molar-refractivity contribution in [1.82, 2.24) is 9.97 Å². The van der Waals surface area contributed by atoms with Crippen molar-refractivity contribution >= 4 is 33.2 Å². The molecule has 0 amide bonds. The van der Waals surface area contributed by atoms with Crippen molar-refractivity contribution in [3.8, 4) is 10.6 Å². The highest BCUT2D eigenvalue weighted by Gasteiger charge is 2.05. The van der Waals surface area contributed by atoms with Gasteiger partial charge in [-0.05, 0) is 40.5 Å². The lowest BCUT2D eigenvalue weighted by atomic mass is 10.2. The second-order valence-corrected chi connectivity index (χ2v) is 6.17. The van der Waals surface area contributed by atoms with Gasteiger partial charge in [0.1, 0.15) is 5.82 Å². The van der Waals surface area contributed by atoms with Crippen molar-refractivity contribution in [3.05, 3.63) is 34.0 Å². The maximum atomic E-state index is 10.4. The maximum absolute atomic E-state index is 10.4. The Bertz CT molecular complexity index is 557. The Morgan fingerprint density at radius 1 is 1.39 bits per heavy atom. The molecule has 0 saturated carbocycles. The highest BCUT2D eigenvalue weighted by atomic mass is 79.9. The topological polar surface area (TPSA) is 63.1 Å². The van der Waals surface area contributed by atoms with Gasteiger partial charge in [0, 0.05) is 19.0 Å². The summed E-state index contributed by atoms with van der Waals surface area (Å²) in [5.41, 5.74) is 0.881. The molecule has 0 aliphatic rings. The second kappa shape index (κ2) is 6.06. The largest absolute Gasteiger partial charge is 0.481 e. The molecular weight excluding hydrogens is 316 g/mol. The van der Waals surface area contributed by atoms with Crippen LogP contribution in [-0.2, 0) is 11.2 Å². The van der Waals surface area contributed by atoms with Crippen LogP contribution in [-0.4, -0.2) is 21.0 Å². The highest BCUT2D eigenvalue weighted by Crippen LogP contribution is 2.29. The van der Waals surface area contributed by atoms with Crippen LogP contribution in [0.3, 0.4) is 0 Å². The number of thiophene rings is 1. The number of aliphatic carboxylic acids is 1. The van der Waals surface area contributed by atoms with Gasteiger partial charge in [0.05, 0.1) is 14.4 Å². The molecule has 94 valence electrons. The fraction of sp³-hybridized carbons (Fsp3) is 0.250. The van der Waals surface area contributed by atoms with Gasteiger partial charge in [-0.1, -0.05) is 0 Å². The molecule has 0 unspecified atom stereocenters. The Morgan fingerprint density at radius 2 is 2.22 bits per heavy atom. The molecule has 2 heterocycles. The first-order valence-electron chi connectivity index (χ1n) is 5.44. The Morgan fingerprint density at radius 3 is 2.89 bits per heavy atom. The van der Waals surface area contributed by atoms with Crippen molar-refractivity contribution in [1.29, 1.82) is 0 Å². The minimum Gasteiger partial charge on any atom is -0.481 e. The SMILES string of the molecule is O=C(O)CCCc1nccc(-c2ccc(Br)s2)n1. The van der Waals surface area contributed by atoms with E-state index in [1.807, 2.05) is 18.2 Å². The van der Waals surface area contributed by atoms with Crippen LogP contribution in [0.25, 0.3) is 10.6 Å². The number of carboxylic acids is 1. The predicted octanol–water partition coefficient (Wildman–Crippen LogP) is 3.37. The molecule has 0 radical (unpaired) electrons. The zero-order valence-electron chi connectivity index (χ0n) is 9.47. The van der Waals surface area contributed by atoms with Crippen molar-refractivity contribution in [2.45, 2.75) is 19.3 Å². The lowest BCUT2D eigenvalue weighted by molar-refractivity contribution is -0.137. The van der Waals surface area contributed by atoms with E-state index >= 15 is 0 Å². The van der Waals surface area contributed by atoms with Crippen LogP contribution in [0.2, 0.25) is 0 Å². The zero-order chi connectivity index (χ0) is 13.0. The summed E-state index contributed by atoms with van der Waals surface area (Å²) in [7, 11) is 0. The molecule has 18 heavy (non-hydrogen) atoms. The standard InChI is InChI=1S/C12H11BrN2O2S/c13-10-5-4-9(18-10)8-6-7-14-11(15-8)2-1-3-12(16)17/h4-7H,1-3H2,(H,16,17). The van der Waals surface area contributed by atoms with E-state index in [4.69, 9.17) is 5.11 Å². The number of hydrogen-bond acceptors (Lipinski definition) is 4. The summed E-state index contributed by atoms with van der Waals surface area (Å²) in [6.45, 7) is 0. The molecule has 2 aromatic rings. The van der Waals surface area contributed by atoms with E-state index in [2.05, 4.69) is 25.9 Å². The van der Waals surface area contributed by atoms with E-state index in [1.54, 1.807) is 17.5 Å². The number of halogens is 1. The molecule has 0 bridgehead atoms. The predicted molar refractivity (Wildman–Crippen MR) is 73.6 cm³/mol. The normalized spacial score (nSPS) is 10.5. The van der Waals surface area contributed by atoms with E-state index in [1.165, 1.54) is 0 Å². The average Bonchev–Trinajstić information content (AvgIpc) is 2.76. The summed E-state index contributed by atoms with van der Waals surface area (Å²) in [5.74, 6) is -0.0911. The first kappa shape index (κ1) is 13.2. The van der Waals surface area contributed by atoms with Gasteiger partial charge in [0.2, 0.25) is 0 Å². The van der Waals surface area contributed by atoms with Crippen LogP contribution in [0.5, 0.6) is 0 Å². The summed E-state index contributed by atoms with van der Waals surface area (Å²) in [5, 5.41) is 8.58. The molecule has 0 spiro atoms. The Labute approximate surface area is 117 Å². The quantitative estimate of drug-likeness (QED) is 0.914. The molecule has 4 nitrogen and oxygen atoms in total. The third-order valence-corrected chi connectivity index (χ3v) is 3.97. The molecular formula is C12H11BrN2O2S. The summed E-state index contributed by atoms with van der Waals surface area (Å²) in [4.78, 5) is 20.1. The van der Waals surface area contributed by atoms with Gasteiger partial charge in [-0.15, -0.1) is 11.3 Å². The smallest absolute Gasteiger partial charge is 0.303 e. The molecule has 0 aliphatic heterocycles. The van der Waals surface area contributed by atoms with E-state index < -0.39 is 5.97 Å². The van der Waals surface area contributed by atoms with Gasteiger partial charge in [0.15, 0.2) is 0 Å². The number of nitrogens with zero attached hydrogens (tertiary/aromatic N) is 2. The molecule has 0 aromatic carbocycles. The van der Waals surface area contributed by atoms with Crippen LogP contribution in [0, 0.1) is 0 Å². The number of carbonyl (C=O) groups is 1. The van der Waals surface area contributed by atoms with Crippen molar-refractivity contribution < 1.29 is 9.90 Å². The third-order valence-electron chi connectivity index (χ3n) is 2.32.